The van der Waals surface area contributed by atoms with E-state index in [9.17, 15) is 14.4 Å². The Morgan fingerprint density at radius 1 is 1.26 bits per heavy atom. The van der Waals surface area contributed by atoms with Gasteiger partial charge in [-0.15, -0.1) is 11.3 Å². The molecule has 6 nitrogen and oxygen atoms in total. The Morgan fingerprint density at radius 3 is 2.61 bits per heavy atom. The predicted octanol–water partition coefficient (Wildman–Crippen LogP) is 3.46. The Hall–Kier alpha value is -2.15. The van der Waals surface area contributed by atoms with E-state index in [4.69, 9.17) is 9.52 Å². The summed E-state index contributed by atoms with van der Waals surface area (Å²) >= 11 is 1.20. The number of anilines is 1. The van der Waals surface area contributed by atoms with Crippen molar-refractivity contribution in [2.45, 2.75) is 39.0 Å². The molecule has 1 saturated carbocycles. The highest BCUT2D eigenvalue weighted by Gasteiger charge is 2.34. The molecular weight excluding hydrogens is 318 g/mol. The molecule has 0 bridgehead atoms. The van der Waals surface area contributed by atoms with Crippen LogP contribution >= 0.6 is 11.3 Å². The molecule has 122 valence electrons. The summed E-state index contributed by atoms with van der Waals surface area (Å²) < 4.78 is 5.53. The summed E-state index contributed by atoms with van der Waals surface area (Å²) in [6, 6.07) is 2.85. The monoisotopic (exact) mass is 335 g/mol. The highest BCUT2D eigenvalue weighted by Crippen LogP contribution is 2.38. The van der Waals surface area contributed by atoms with E-state index in [0.29, 0.717) is 9.70 Å². The van der Waals surface area contributed by atoms with Crippen LogP contribution in [0.2, 0.25) is 0 Å². The fourth-order valence-corrected chi connectivity index (χ4v) is 3.87. The summed E-state index contributed by atoms with van der Waals surface area (Å²) in [4.78, 5) is 35.1. The third-order valence-corrected chi connectivity index (χ3v) is 5.37. The number of carboxylic acid groups (broad SMARTS) is 1. The van der Waals surface area contributed by atoms with Crippen molar-refractivity contribution in [2.75, 3.05) is 5.32 Å². The van der Waals surface area contributed by atoms with Crippen LogP contribution in [0.15, 0.2) is 21.3 Å². The molecule has 1 amide bonds. The highest BCUT2D eigenvalue weighted by molar-refractivity contribution is 7.22. The zero-order valence-electron chi connectivity index (χ0n) is 12.7. The Bertz CT molecular complexity index is 829. The van der Waals surface area contributed by atoms with E-state index in [-0.39, 0.29) is 16.9 Å². The molecule has 0 aromatic carbocycles. The lowest BCUT2D eigenvalue weighted by Crippen LogP contribution is -2.35. The van der Waals surface area contributed by atoms with Gasteiger partial charge in [-0.05, 0) is 18.9 Å². The largest absolute Gasteiger partial charge is 0.477 e. The molecule has 23 heavy (non-hydrogen) atoms. The number of aromatic carboxylic acids is 1. The van der Waals surface area contributed by atoms with Gasteiger partial charge in [-0.1, -0.05) is 26.2 Å². The number of carbonyl (C=O) groups is 2. The van der Waals surface area contributed by atoms with Gasteiger partial charge in [-0.2, -0.15) is 0 Å². The van der Waals surface area contributed by atoms with Crippen molar-refractivity contribution in [3.63, 3.8) is 0 Å². The summed E-state index contributed by atoms with van der Waals surface area (Å²) in [5.41, 5.74) is -1.38. The second-order valence-electron chi connectivity index (χ2n) is 6.17. The smallest absolute Gasteiger partial charge is 0.351 e. The average Bonchev–Trinajstić information content (AvgIpc) is 2.88. The van der Waals surface area contributed by atoms with Crippen LogP contribution < -0.4 is 10.9 Å². The fraction of sp³-hybridized carbons (Fsp3) is 0.438. The maximum absolute atomic E-state index is 12.5. The molecule has 2 aromatic rings. The van der Waals surface area contributed by atoms with Crippen LogP contribution in [0.3, 0.4) is 0 Å². The van der Waals surface area contributed by atoms with Gasteiger partial charge in [0.2, 0.25) is 5.91 Å². The number of carboxylic acids is 1. The summed E-state index contributed by atoms with van der Waals surface area (Å²) in [7, 11) is 0. The number of hydrogen-bond donors (Lipinski definition) is 2. The van der Waals surface area contributed by atoms with E-state index in [1.54, 1.807) is 6.07 Å². The molecular formula is C16H17NO5S. The fourth-order valence-electron chi connectivity index (χ4n) is 2.95. The van der Waals surface area contributed by atoms with Crippen molar-refractivity contribution < 1.29 is 19.1 Å². The van der Waals surface area contributed by atoms with Gasteiger partial charge >= 0.3 is 11.6 Å². The average molecular weight is 335 g/mol. The van der Waals surface area contributed by atoms with Crippen LogP contribution in [0.1, 0.15) is 49.4 Å². The van der Waals surface area contributed by atoms with Crippen molar-refractivity contribution in [1.82, 2.24) is 0 Å². The van der Waals surface area contributed by atoms with Crippen molar-refractivity contribution in [3.8, 4) is 0 Å². The molecule has 0 atom stereocenters. The number of thiophene rings is 1. The minimum atomic E-state index is -1.32. The van der Waals surface area contributed by atoms with E-state index >= 15 is 0 Å². The third-order valence-electron chi connectivity index (χ3n) is 4.40. The van der Waals surface area contributed by atoms with Gasteiger partial charge in [0.15, 0.2) is 5.58 Å². The van der Waals surface area contributed by atoms with Gasteiger partial charge in [-0.3, -0.25) is 4.79 Å². The lowest BCUT2D eigenvalue weighted by atomic mass is 9.75. The van der Waals surface area contributed by atoms with E-state index in [1.165, 1.54) is 17.4 Å². The molecule has 2 aromatic heterocycles. The summed E-state index contributed by atoms with van der Waals surface area (Å²) in [5, 5.41) is 12.4. The SMILES string of the molecule is CC1(C(=O)Nc2cc3oc(=O)c(C(=O)O)cc3s2)CCCCC1. The van der Waals surface area contributed by atoms with Gasteiger partial charge < -0.3 is 14.8 Å². The molecule has 1 aliphatic carbocycles. The van der Waals surface area contributed by atoms with Crippen molar-refractivity contribution in [3.05, 3.63) is 28.1 Å². The van der Waals surface area contributed by atoms with E-state index in [1.807, 2.05) is 6.92 Å². The van der Waals surface area contributed by atoms with Gasteiger partial charge in [0.05, 0.1) is 9.70 Å². The Morgan fingerprint density at radius 2 is 1.96 bits per heavy atom. The van der Waals surface area contributed by atoms with E-state index in [0.717, 1.165) is 32.1 Å². The number of nitrogens with one attached hydrogen (secondary N) is 1. The van der Waals surface area contributed by atoms with E-state index < -0.39 is 17.2 Å². The minimum Gasteiger partial charge on any atom is -0.477 e. The molecule has 0 unspecified atom stereocenters. The number of hydrogen-bond acceptors (Lipinski definition) is 5. The van der Waals surface area contributed by atoms with Gasteiger partial charge in [0.25, 0.3) is 0 Å². The Kier molecular flexibility index (Phi) is 3.97. The maximum atomic E-state index is 12.5. The molecule has 0 saturated heterocycles. The van der Waals surface area contributed by atoms with E-state index in [2.05, 4.69) is 5.32 Å². The molecule has 7 heteroatoms. The first-order valence-corrected chi connectivity index (χ1v) is 8.33. The van der Waals surface area contributed by atoms with Crippen LogP contribution in [-0.4, -0.2) is 17.0 Å². The second kappa shape index (κ2) is 5.81. The number of fused-ring (bicyclic) bond motifs is 1. The molecule has 3 rings (SSSR count). The first-order chi connectivity index (χ1) is 10.9. The molecule has 0 aliphatic heterocycles. The molecule has 1 aliphatic rings. The van der Waals surface area contributed by atoms with Crippen LogP contribution in [0.4, 0.5) is 5.00 Å². The molecule has 0 spiro atoms. The zero-order chi connectivity index (χ0) is 16.6. The van der Waals surface area contributed by atoms with Crippen LogP contribution in [-0.2, 0) is 4.79 Å². The van der Waals surface area contributed by atoms with Gasteiger partial charge in [-0.25, -0.2) is 9.59 Å². The standard InChI is InChI=1S/C16H17NO5S/c1-16(5-3-2-4-6-16)15(21)17-12-8-10-11(23-12)7-9(13(18)19)14(20)22-10/h7-8H,2-6H2,1H3,(H,17,21)(H,18,19). The number of carbonyl (C=O) groups excluding carboxylic acids is 1. The Balaban J connectivity index is 1.87. The number of rotatable bonds is 3. The normalized spacial score (nSPS) is 17.1. The van der Waals surface area contributed by atoms with Gasteiger partial charge in [0, 0.05) is 11.5 Å². The third kappa shape index (κ3) is 3.01. The second-order valence-corrected chi connectivity index (χ2v) is 7.25. The summed E-state index contributed by atoms with van der Waals surface area (Å²) in [6.45, 7) is 1.97. The first kappa shape index (κ1) is 15.7. The van der Waals surface area contributed by atoms with Crippen LogP contribution in [0.5, 0.6) is 0 Å². The van der Waals surface area contributed by atoms with Gasteiger partial charge in [0.1, 0.15) is 5.56 Å². The van der Waals surface area contributed by atoms with Crippen molar-refractivity contribution in [2.24, 2.45) is 5.41 Å². The highest BCUT2D eigenvalue weighted by atomic mass is 32.1. The quantitative estimate of drug-likeness (QED) is 0.895. The van der Waals surface area contributed by atoms with Crippen LogP contribution in [0, 0.1) is 5.41 Å². The maximum Gasteiger partial charge on any atom is 0.351 e. The first-order valence-electron chi connectivity index (χ1n) is 7.51. The predicted molar refractivity (Wildman–Crippen MR) is 87.1 cm³/mol. The summed E-state index contributed by atoms with van der Waals surface area (Å²) in [6.07, 6.45) is 4.99. The minimum absolute atomic E-state index is 0.0374. The zero-order valence-corrected chi connectivity index (χ0v) is 13.5. The van der Waals surface area contributed by atoms with Crippen molar-refractivity contribution >= 4 is 38.5 Å². The lowest BCUT2D eigenvalue weighted by molar-refractivity contribution is -0.126. The van der Waals surface area contributed by atoms with Crippen LogP contribution in [0.25, 0.3) is 10.3 Å². The molecule has 0 radical (unpaired) electrons. The Labute approximate surface area is 136 Å². The van der Waals surface area contributed by atoms with Crippen molar-refractivity contribution in [1.29, 1.82) is 0 Å². The molecule has 1 fully saturated rings. The number of amides is 1. The molecule has 2 N–H and O–H groups in total. The topological polar surface area (TPSA) is 96.6 Å². The lowest BCUT2D eigenvalue weighted by Gasteiger charge is -2.31. The molecule has 2 heterocycles. The summed E-state index contributed by atoms with van der Waals surface area (Å²) in [5.74, 6) is -1.36.